The third-order valence-electron chi connectivity index (χ3n) is 3.70. The van der Waals surface area contributed by atoms with Crippen LogP contribution in [0.1, 0.15) is 15.9 Å². The van der Waals surface area contributed by atoms with Crippen molar-refractivity contribution >= 4 is 22.9 Å². The van der Waals surface area contributed by atoms with Crippen molar-refractivity contribution in [3.8, 4) is 11.3 Å². The maximum atomic E-state index is 14.3. The summed E-state index contributed by atoms with van der Waals surface area (Å²) < 4.78 is 30.1. The van der Waals surface area contributed by atoms with Crippen molar-refractivity contribution in [2.75, 3.05) is 0 Å². The topological polar surface area (TPSA) is 55.1 Å². The number of halogens is 2. The molecule has 116 valence electrons. The first kappa shape index (κ1) is 14.9. The highest BCUT2D eigenvalue weighted by Crippen LogP contribution is 2.30. The minimum absolute atomic E-state index is 0.0192. The van der Waals surface area contributed by atoms with Gasteiger partial charge in [-0.25, -0.2) is 14.2 Å². The maximum Gasteiger partial charge on any atom is 0.343 e. The summed E-state index contributed by atoms with van der Waals surface area (Å²) in [6, 6.07) is 7.09. The maximum absolute atomic E-state index is 14.3. The van der Waals surface area contributed by atoms with Gasteiger partial charge in [0.1, 0.15) is 0 Å². The summed E-state index contributed by atoms with van der Waals surface area (Å²) >= 11 is 0. The average molecular weight is 314 g/mol. The van der Waals surface area contributed by atoms with Crippen LogP contribution in [0.5, 0.6) is 0 Å². The van der Waals surface area contributed by atoms with Crippen molar-refractivity contribution in [2.24, 2.45) is 7.05 Å². The van der Waals surface area contributed by atoms with Gasteiger partial charge in [0.2, 0.25) is 5.95 Å². The second-order valence-corrected chi connectivity index (χ2v) is 5.06. The van der Waals surface area contributed by atoms with E-state index in [1.807, 2.05) is 23.9 Å². The van der Waals surface area contributed by atoms with Crippen LogP contribution >= 0.6 is 0 Å². The summed E-state index contributed by atoms with van der Waals surface area (Å²) in [6.45, 7) is 3.47. The minimum Gasteiger partial charge on any atom is -0.477 e. The first-order valence-electron chi connectivity index (χ1n) is 6.74. The number of carboxylic acid groups (broad SMARTS) is 1. The van der Waals surface area contributed by atoms with Crippen molar-refractivity contribution in [2.45, 2.75) is 0 Å². The third-order valence-corrected chi connectivity index (χ3v) is 3.70. The van der Waals surface area contributed by atoms with Crippen LogP contribution in [0.3, 0.4) is 0 Å². The van der Waals surface area contributed by atoms with E-state index in [0.717, 1.165) is 17.0 Å². The zero-order valence-electron chi connectivity index (χ0n) is 12.2. The number of aryl methyl sites for hydroxylation is 1. The Morgan fingerprint density at radius 3 is 2.74 bits per heavy atom. The lowest BCUT2D eigenvalue weighted by Crippen LogP contribution is -2.10. The molecule has 0 saturated carbocycles. The lowest BCUT2D eigenvalue weighted by Gasteiger charge is -2.10. The van der Waals surface area contributed by atoms with E-state index in [9.17, 15) is 13.6 Å². The van der Waals surface area contributed by atoms with Gasteiger partial charge < -0.3 is 9.67 Å². The van der Waals surface area contributed by atoms with Crippen LogP contribution < -0.4 is 0 Å². The molecule has 0 spiro atoms. The molecule has 0 amide bonds. The Bertz CT molecular complexity index is 961. The Hall–Kier alpha value is -3.02. The molecule has 23 heavy (non-hydrogen) atoms. The third kappa shape index (κ3) is 2.28. The molecule has 2 aromatic heterocycles. The molecule has 0 fully saturated rings. The molecule has 0 unspecified atom stereocenters. The monoisotopic (exact) mass is 314 g/mol. The number of benzene rings is 1. The van der Waals surface area contributed by atoms with Gasteiger partial charge in [0.25, 0.3) is 0 Å². The van der Waals surface area contributed by atoms with Gasteiger partial charge in [-0.3, -0.25) is 0 Å². The Morgan fingerprint density at radius 2 is 2.09 bits per heavy atom. The fraction of sp³-hybridized carbons (Fsp3) is 0.0588. The molecular weight excluding hydrogens is 302 g/mol. The Kier molecular flexibility index (Phi) is 3.44. The average Bonchev–Trinajstić information content (AvgIpc) is 2.87. The SMILES string of the molecule is C=Cc1c(-c2ccc3c(ccn3C)c2)nc(F)c(C(=O)O)c1F. The summed E-state index contributed by atoms with van der Waals surface area (Å²) in [7, 11) is 1.89. The zero-order chi connectivity index (χ0) is 16.7. The Morgan fingerprint density at radius 1 is 1.35 bits per heavy atom. The molecule has 0 aliphatic heterocycles. The fourth-order valence-corrected chi connectivity index (χ4v) is 2.56. The van der Waals surface area contributed by atoms with Crippen LogP contribution in [0, 0.1) is 11.8 Å². The second-order valence-electron chi connectivity index (χ2n) is 5.06. The number of hydrogen-bond donors (Lipinski definition) is 1. The Labute approximate surface area is 130 Å². The van der Waals surface area contributed by atoms with Crippen LogP contribution in [-0.2, 0) is 7.05 Å². The number of rotatable bonds is 3. The van der Waals surface area contributed by atoms with Crippen LogP contribution in [0.4, 0.5) is 8.78 Å². The van der Waals surface area contributed by atoms with Crippen molar-refractivity contribution in [3.63, 3.8) is 0 Å². The molecule has 0 saturated heterocycles. The van der Waals surface area contributed by atoms with Crippen LogP contribution in [0.15, 0.2) is 37.0 Å². The quantitative estimate of drug-likeness (QED) is 0.747. The molecule has 0 bridgehead atoms. The molecule has 6 heteroatoms. The van der Waals surface area contributed by atoms with E-state index in [1.54, 1.807) is 18.2 Å². The van der Waals surface area contributed by atoms with Crippen LogP contribution in [0.25, 0.3) is 28.2 Å². The number of carboxylic acids is 1. The van der Waals surface area contributed by atoms with E-state index >= 15 is 0 Å². The normalized spacial score (nSPS) is 10.9. The highest BCUT2D eigenvalue weighted by molar-refractivity contribution is 5.91. The molecule has 0 radical (unpaired) electrons. The largest absolute Gasteiger partial charge is 0.477 e. The molecule has 3 rings (SSSR count). The molecule has 0 aliphatic rings. The van der Waals surface area contributed by atoms with E-state index in [0.29, 0.717) is 5.56 Å². The first-order valence-corrected chi connectivity index (χ1v) is 6.74. The number of nitrogens with zero attached hydrogens (tertiary/aromatic N) is 2. The summed E-state index contributed by atoms with van der Waals surface area (Å²) in [6.07, 6.45) is 3.00. The Balaban J connectivity index is 2.29. The number of pyridine rings is 1. The van der Waals surface area contributed by atoms with E-state index in [4.69, 9.17) is 5.11 Å². The predicted molar refractivity (Wildman–Crippen MR) is 83.1 cm³/mol. The molecule has 2 heterocycles. The van der Waals surface area contributed by atoms with Gasteiger partial charge >= 0.3 is 5.97 Å². The lowest BCUT2D eigenvalue weighted by molar-refractivity contribution is 0.0685. The zero-order valence-corrected chi connectivity index (χ0v) is 12.2. The van der Waals surface area contributed by atoms with Gasteiger partial charge in [-0.2, -0.15) is 4.39 Å². The fourth-order valence-electron chi connectivity index (χ4n) is 2.56. The standard InChI is InChI=1S/C17H12F2N2O2/c1-3-11-14(18)13(17(22)23)16(19)20-15(11)10-4-5-12-9(8-10)6-7-21(12)2/h3-8H,1H2,2H3,(H,22,23). The number of fused-ring (bicyclic) bond motifs is 1. The van der Waals surface area contributed by atoms with Gasteiger partial charge in [0.15, 0.2) is 11.4 Å². The molecule has 3 aromatic rings. The lowest BCUT2D eigenvalue weighted by atomic mass is 10.0. The molecule has 1 aromatic carbocycles. The van der Waals surface area contributed by atoms with E-state index in [2.05, 4.69) is 11.6 Å². The highest BCUT2D eigenvalue weighted by Gasteiger charge is 2.24. The van der Waals surface area contributed by atoms with Gasteiger partial charge in [-0.15, -0.1) is 0 Å². The summed E-state index contributed by atoms with van der Waals surface area (Å²) in [5.41, 5.74) is 0.236. The van der Waals surface area contributed by atoms with Gasteiger partial charge in [-0.1, -0.05) is 18.7 Å². The number of hydrogen-bond acceptors (Lipinski definition) is 2. The molecule has 0 atom stereocenters. The van der Waals surface area contributed by atoms with E-state index in [1.165, 1.54) is 0 Å². The second kappa shape index (κ2) is 5.31. The van der Waals surface area contributed by atoms with Gasteiger partial charge in [0, 0.05) is 35.3 Å². The van der Waals surface area contributed by atoms with Crippen molar-refractivity contribution in [1.29, 1.82) is 0 Å². The van der Waals surface area contributed by atoms with Crippen LogP contribution in [-0.4, -0.2) is 20.6 Å². The van der Waals surface area contributed by atoms with Gasteiger partial charge in [-0.05, 0) is 18.2 Å². The van der Waals surface area contributed by atoms with Gasteiger partial charge in [0.05, 0.1) is 5.69 Å². The van der Waals surface area contributed by atoms with Crippen molar-refractivity contribution in [3.05, 3.63) is 59.9 Å². The summed E-state index contributed by atoms with van der Waals surface area (Å²) in [5.74, 6) is -4.24. The van der Waals surface area contributed by atoms with Crippen molar-refractivity contribution < 1.29 is 18.7 Å². The van der Waals surface area contributed by atoms with Crippen molar-refractivity contribution in [1.82, 2.24) is 9.55 Å². The highest BCUT2D eigenvalue weighted by atomic mass is 19.1. The molecule has 0 aliphatic carbocycles. The predicted octanol–water partition coefficient (Wildman–Crippen LogP) is 3.86. The number of aromatic nitrogens is 2. The smallest absolute Gasteiger partial charge is 0.343 e. The summed E-state index contributed by atoms with van der Waals surface area (Å²) in [5, 5.41) is 9.79. The number of carbonyl (C=O) groups is 1. The minimum atomic E-state index is -1.71. The first-order chi connectivity index (χ1) is 10.9. The summed E-state index contributed by atoms with van der Waals surface area (Å²) in [4.78, 5) is 14.6. The van der Waals surface area contributed by atoms with Crippen LogP contribution in [0.2, 0.25) is 0 Å². The molecule has 4 nitrogen and oxygen atoms in total. The number of aromatic carboxylic acids is 1. The molecular formula is C17H12F2N2O2. The molecule has 1 N–H and O–H groups in total. The van der Waals surface area contributed by atoms with E-state index in [-0.39, 0.29) is 11.3 Å². The van der Waals surface area contributed by atoms with E-state index < -0.39 is 23.3 Å².